The average Bonchev–Trinajstić information content (AvgIpc) is 2.21. The van der Waals surface area contributed by atoms with E-state index < -0.39 is 0 Å². The fourth-order valence-corrected chi connectivity index (χ4v) is 2.26. The summed E-state index contributed by atoms with van der Waals surface area (Å²) in [7, 11) is 0. The van der Waals surface area contributed by atoms with E-state index in [1.165, 1.54) is 37.0 Å². The molecule has 0 saturated heterocycles. The Hall–Kier alpha value is 0.0100. The van der Waals surface area contributed by atoms with Gasteiger partial charge in [-0.2, -0.15) is 11.8 Å². The van der Waals surface area contributed by atoms with Gasteiger partial charge < -0.3 is 0 Å². The summed E-state index contributed by atoms with van der Waals surface area (Å²) in [5, 5.41) is 0. The molecule has 0 aromatic carbocycles. The van der Waals surface area contributed by atoms with Gasteiger partial charge in [0, 0.05) is 6.04 Å². The van der Waals surface area contributed by atoms with E-state index in [1.54, 1.807) is 0 Å². The number of nitrogens with two attached hydrogens (primary N) is 1. The third-order valence-electron chi connectivity index (χ3n) is 2.59. The lowest BCUT2D eigenvalue weighted by Gasteiger charge is -2.22. The summed E-state index contributed by atoms with van der Waals surface area (Å²) in [6, 6.07) is 0.424. The van der Waals surface area contributed by atoms with Crippen molar-refractivity contribution >= 4 is 11.8 Å². The van der Waals surface area contributed by atoms with E-state index in [4.69, 9.17) is 5.84 Å². The van der Waals surface area contributed by atoms with Crippen molar-refractivity contribution in [3.8, 4) is 0 Å². The van der Waals surface area contributed by atoms with Crippen LogP contribution in [0.15, 0.2) is 11.6 Å². The Morgan fingerprint density at radius 1 is 1.62 bits per heavy atom. The molecule has 0 aromatic heterocycles. The molecule has 0 bridgehead atoms. The molecule has 1 aliphatic carbocycles. The minimum atomic E-state index is 0.424. The highest BCUT2D eigenvalue weighted by molar-refractivity contribution is 7.98. The zero-order valence-electron chi connectivity index (χ0n) is 8.38. The molecule has 1 unspecified atom stereocenters. The van der Waals surface area contributed by atoms with Gasteiger partial charge in [0.05, 0.1) is 0 Å². The SMILES string of the molecule is CSCCC(NN)C1=CCCCC1. The van der Waals surface area contributed by atoms with E-state index in [-0.39, 0.29) is 0 Å². The Morgan fingerprint density at radius 2 is 2.46 bits per heavy atom. The fourth-order valence-electron chi connectivity index (χ4n) is 1.79. The highest BCUT2D eigenvalue weighted by atomic mass is 32.2. The van der Waals surface area contributed by atoms with Crippen LogP contribution >= 0.6 is 11.8 Å². The smallest absolute Gasteiger partial charge is 0.0427 e. The summed E-state index contributed by atoms with van der Waals surface area (Å²) >= 11 is 1.89. The zero-order valence-corrected chi connectivity index (χ0v) is 9.20. The minimum absolute atomic E-state index is 0.424. The van der Waals surface area contributed by atoms with Crippen molar-refractivity contribution < 1.29 is 0 Å². The minimum Gasteiger partial charge on any atom is -0.271 e. The highest BCUT2D eigenvalue weighted by Gasteiger charge is 2.13. The summed E-state index contributed by atoms with van der Waals surface area (Å²) in [6.45, 7) is 0. The van der Waals surface area contributed by atoms with Crippen LogP contribution in [0.4, 0.5) is 0 Å². The second-order valence-corrected chi connectivity index (χ2v) is 4.51. The number of rotatable bonds is 5. The first-order valence-corrected chi connectivity index (χ1v) is 6.42. The van der Waals surface area contributed by atoms with Gasteiger partial charge in [0.1, 0.15) is 0 Å². The first kappa shape index (κ1) is 11.1. The molecule has 0 saturated carbocycles. The van der Waals surface area contributed by atoms with E-state index in [0.29, 0.717) is 6.04 Å². The third kappa shape index (κ3) is 3.71. The predicted molar refractivity (Wildman–Crippen MR) is 60.7 cm³/mol. The maximum Gasteiger partial charge on any atom is 0.0427 e. The second kappa shape index (κ2) is 6.46. The molecule has 0 radical (unpaired) electrons. The van der Waals surface area contributed by atoms with E-state index >= 15 is 0 Å². The fraction of sp³-hybridized carbons (Fsp3) is 0.800. The van der Waals surface area contributed by atoms with E-state index in [0.717, 1.165) is 6.42 Å². The van der Waals surface area contributed by atoms with Crippen molar-refractivity contribution in [3.05, 3.63) is 11.6 Å². The van der Waals surface area contributed by atoms with Gasteiger partial charge in [-0.05, 0) is 44.1 Å². The molecular weight excluding hydrogens is 180 g/mol. The summed E-state index contributed by atoms with van der Waals surface area (Å²) in [5.41, 5.74) is 4.46. The van der Waals surface area contributed by atoms with Crippen molar-refractivity contribution in [1.82, 2.24) is 5.43 Å². The molecular formula is C10H20N2S. The predicted octanol–water partition coefficient (Wildman–Crippen LogP) is 2.07. The van der Waals surface area contributed by atoms with Crippen LogP contribution in [0.2, 0.25) is 0 Å². The molecule has 0 amide bonds. The van der Waals surface area contributed by atoms with Crippen LogP contribution in [-0.2, 0) is 0 Å². The monoisotopic (exact) mass is 200 g/mol. The maximum atomic E-state index is 5.54. The van der Waals surface area contributed by atoms with Crippen LogP contribution in [-0.4, -0.2) is 18.1 Å². The lowest BCUT2D eigenvalue weighted by atomic mass is 9.93. The van der Waals surface area contributed by atoms with Crippen molar-refractivity contribution in [2.75, 3.05) is 12.0 Å². The van der Waals surface area contributed by atoms with Gasteiger partial charge >= 0.3 is 0 Å². The van der Waals surface area contributed by atoms with Gasteiger partial charge in [-0.15, -0.1) is 0 Å². The van der Waals surface area contributed by atoms with Crippen LogP contribution in [0, 0.1) is 0 Å². The molecule has 0 aliphatic heterocycles. The standard InChI is InChI=1S/C10H20N2S/c1-13-8-7-10(12-11)9-5-3-2-4-6-9/h5,10,12H,2-4,6-8,11H2,1H3. The lowest BCUT2D eigenvalue weighted by molar-refractivity contribution is 0.536. The molecule has 0 aromatic rings. The quantitative estimate of drug-likeness (QED) is 0.405. The van der Waals surface area contributed by atoms with Crippen LogP contribution in [0.1, 0.15) is 32.1 Å². The van der Waals surface area contributed by atoms with Crippen LogP contribution < -0.4 is 11.3 Å². The number of nitrogens with one attached hydrogen (secondary N) is 1. The molecule has 1 rings (SSSR count). The van der Waals surface area contributed by atoms with Gasteiger partial charge in [-0.25, -0.2) is 0 Å². The molecule has 0 spiro atoms. The molecule has 0 heterocycles. The Balaban J connectivity index is 2.39. The van der Waals surface area contributed by atoms with Crippen LogP contribution in [0.25, 0.3) is 0 Å². The Bertz CT molecular complexity index is 168. The van der Waals surface area contributed by atoms with E-state index in [9.17, 15) is 0 Å². The van der Waals surface area contributed by atoms with Crippen LogP contribution in [0.5, 0.6) is 0 Å². The van der Waals surface area contributed by atoms with Crippen LogP contribution in [0.3, 0.4) is 0 Å². The van der Waals surface area contributed by atoms with Gasteiger partial charge in [0.25, 0.3) is 0 Å². The molecule has 3 N–H and O–H groups in total. The summed E-state index contributed by atoms with van der Waals surface area (Å²) in [6.07, 6.45) is 10.8. The van der Waals surface area contributed by atoms with Crippen molar-refractivity contribution in [2.24, 2.45) is 5.84 Å². The maximum absolute atomic E-state index is 5.54. The number of allylic oxidation sites excluding steroid dienone is 1. The van der Waals surface area contributed by atoms with Gasteiger partial charge in [0.2, 0.25) is 0 Å². The van der Waals surface area contributed by atoms with E-state index in [2.05, 4.69) is 17.8 Å². The summed E-state index contributed by atoms with van der Waals surface area (Å²) in [4.78, 5) is 0. The average molecular weight is 200 g/mol. The van der Waals surface area contributed by atoms with Crippen molar-refractivity contribution in [1.29, 1.82) is 0 Å². The summed E-state index contributed by atoms with van der Waals surface area (Å²) < 4.78 is 0. The number of hydrazine groups is 1. The largest absolute Gasteiger partial charge is 0.271 e. The zero-order chi connectivity index (χ0) is 9.52. The normalized spacial score (nSPS) is 19.7. The molecule has 2 nitrogen and oxygen atoms in total. The van der Waals surface area contributed by atoms with Gasteiger partial charge in [-0.3, -0.25) is 11.3 Å². The number of hydrogen-bond acceptors (Lipinski definition) is 3. The Labute approximate surface area is 85.3 Å². The highest BCUT2D eigenvalue weighted by Crippen LogP contribution is 2.22. The van der Waals surface area contributed by atoms with Gasteiger partial charge in [-0.1, -0.05) is 11.6 Å². The second-order valence-electron chi connectivity index (χ2n) is 3.53. The first-order chi connectivity index (χ1) is 6.38. The topological polar surface area (TPSA) is 38.0 Å². The molecule has 1 aliphatic rings. The Kier molecular flexibility index (Phi) is 5.51. The van der Waals surface area contributed by atoms with Gasteiger partial charge in [0.15, 0.2) is 0 Å². The van der Waals surface area contributed by atoms with Crippen molar-refractivity contribution in [2.45, 2.75) is 38.1 Å². The summed E-state index contributed by atoms with van der Waals surface area (Å²) in [5.74, 6) is 6.73. The third-order valence-corrected chi connectivity index (χ3v) is 3.23. The first-order valence-electron chi connectivity index (χ1n) is 5.02. The molecule has 0 fully saturated rings. The molecule has 1 atom stereocenters. The lowest BCUT2D eigenvalue weighted by Crippen LogP contribution is -2.37. The molecule has 13 heavy (non-hydrogen) atoms. The number of thioether (sulfide) groups is 1. The van der Waals surface area contributed by atoms with E-state index in [1.807, 2.05) is 11.8 Å². The molecule has 76 valence electrons. The molecule has 3 heteroatoms. The van der Waals surface area contributed by atoms with Crippen molar-refractivity contribution in [3.63, 3.8) is 0 Å². The number of hydrogen-bond donors (Lipinski definition) is 2. The Morgan fingerprint density at radius 3 is 3.00 bits per heavy atom.